The molecule has 3 nitrogen and oxygen atoms in total. The molecule has 0 aromatic heterocycles. The van der Waals surface area contributed by atoms with Crippen molar-refractivity contribution in [2.24, 2.45) is 0 Å². The molecule has 1 aliphatic heterocycles. The van der Waals surface area contributed by atoms with Gasteiger partial charge in [0.2, 0.25) is 0 Å². The summed E-state index contributed by atoms with van der Waals surface area (Å²) in [6, 6.07) is 8.82. The summed E-state index contributed by atoms with van der Waals surface area (Å²) in [6.07, 6.45) is 2.48. The van der Waals surface area contributed by atoms with Crippen LogP contribution in [0.2, 0.25) is 0 Å². The molecule has 102 valence electrons. The monoisotopic (exact) mass is 258 g/mol. The first-order chi connectivity index (χ1) is 9.05. The Morgan fingerprint density at radius 2 is 2.26 bits per heavy atom. The van der Waals surface area contributed by atoms with E-state index < -0.39 is 0 Å². The lowest BCUT2D eigenvalue weighted by Crippen LogP contribution is -2.28. The van der Waals surface area contributed by atoms with Gasteiger partial charge in [0.25, 0.3) is 0 Å². The van der Waals surface area contributed by atoms with Crippen molar-refractivity contribution in [3.05, 3.63) is 29.3 Å². The Hall–Kier alpha value is -1.53. The number of ether oxygens (including phenoxy) is 1. The molecular weight excluding hydrogens is 236 g/mol. The molecule has 0 saturated heterocycles. The SMILES string of the molecule is CCC(CC#N)NCc1cccc2c1OC(C)(C)C2. The lowest BCUT2D eigenvalue weighted by molar-refractivity contribution is 0.137. The maximum absolute atomic E-state index is 8.77. The third-order valence-corrected chi connectivity index (χ3v) is 3.58. The van der Waals surface area contributed by atoms with Gasteiger partial charge in [-0.2, -0.15) is 5.26 Å². The van der Waals surface area contributed by atoms with E-state index in [2.05, 4.69) is 50.4 Å². The van der Waals surface area contributed by atoms with Gasteiger partial charge in [-0.3, -0.25) is 0 Å². The first kappa shape index (κ1) is 13.9. The fourth-order valence-electron chi connectivity index (χ4n) is 2.54. The number of rotatable bonds is 5. The van der Waals surface area contributed by atoms with Crippen molar-refractivity contribution in [2.45, 2.75) is 58.2 Å². The molecule has 0 aliphatic carbocycles. The molecule has 0 spiro atoms. The highest BCUT2D eigenvalue weighted by atomic mass is 16.5. The van der Waals surface area contributed by atoms with Crippen LogP contribution in [0.25, 0.3) is 0 Å². The number of nitriles is 1. The minimum atomic E-state index is -0.102. The normalized spacial score (nSPS) is 17.4. The molecule has 1 heterocycles. The van der Waals surface area contributed by atoms with E-state index in [1.54, 1.807) is 0 Å². The van der Waals surface area contributed by atoms with Crippen LogP contribution in [0.1, 0.15) is 44.7 Å². The number of fused-ring (bicyclic) bond motifs is 1. The first-order valence-corrected chi connectivity index (χ1v) is 6.96. The Morgan fingerprint density at radius 1 is 1.47 bits per heavy atom. The Morgan fingerprint density at radius 3 is 2.95 bits per heavy atom. The number of nitrogens with one attached hydrogen (secondary N) is 1. The molecule has 0 bridgehead atoms. The van der Waals surface area contributed by atoms with Crippen LogP contribution >= 0.6 is 0 Å². The van der Waals surface area contributed by atoms with Crippen LogP contribution < -0.4 is 10.1 Å². The van der Waals surface area contributed by atoms with E-state index in [0.29, 0.717) is 6.42 Å². The van der Waals surface area contributed by atoms with Gasteiger partial charge in [-0.25, -0.2) is 0 Å². The Kier molecular flexibility index (Phi) is 4.11. The summed E-state index contributed by atoms with van der Waals surface area (Å²) in [5.74, 6) is 1.03. The van der Waals surface area contributed by atoms with Gasteiger partial charge in [-0.15, -0.1) is 0 Å². The Bertz CT molecular complexity index is 488. The van der Waals surface area contributed by atoms with Crippen molar-refractivity contribution in [3.8, 4) is 11.8 Å². The highest BCUT2D eigenvalue weighted by Crippen LogP contribution is 2.37. The fourth-order valence-corrected chi connectivity index (χ4v) is 2.54. The van der Waals surface area contributed by atoms with Crippen molar-refractivity contribution in [2.75, 3.05) is 0 Å². The van der Waals surface area contributed by atoms with Gasteiger partial charge in [-0.05, 0) is 25.8 Å². The van der Waals surface area contributed by atoms with Crippen molar-refractivity contribution in [1.29, 1.82) is 5.26 Å². The second kappa shape index (κ2) is 5.63. The van der Waals surface area contributed by atoms with Crippen molar-refractivity contribution < 1.29 is 4.74 Å². The topological polar surface area (TPSA) is 45.0 Å². The number of nitrogens with zero attached hydrogens (tertiary/aromatic N) is 1. The van der Waals surface area contributed by atoms with Crippen LogP contribution in [0.5, 0.6) is 5.75 Å². The molecule has 0 fully saturated rings. The minimum absolute atomic E-state index is 0.102. The van der Waals surface area contributed by atoms with E-state index in [9.17, 15) is 0 Å². The first-order valence-electron chi connectivity index (χ1n) is 6.96. The maximum atomic E-state index is 8.77. The van der Waals surface area contributed by atoms with Gasteiger partial charge >= 0.3 is 0 Å². The minimum Gasteiger partial charge on any atom is -0.487 e. The van der Waals surface area contributed by atoms with Crippen LogP contribution in [-0.4, -0.2) is 11.6 Å². The molecular formula is C16H22N2O. The summed E-state index contributed by atoms with van der Waals surface area (Å²) >= 11 is 0. The maximum Gasteiger partial charge on any atom is 0.127 e. The van der Waals surface area contributed by atoms with Crippen LogP contribution in [0.3, 0.4) is 0 Å². The third kappa shape index (κ3) is 3.27. The van der Waals surface area contributed by atoms with Crippen LogP contribution in [0, 0.1) is 11.3 Å². The molecule has 0 amide bonds. The summed E-state index contributed by atoms with van der Waals surface area (Å²) in [4.78, 5) is 0. The molecule has 3 heteroatoms. The average molecular weight is 258 g/mol. The smallest absolute Gasteiger partial charge is 0.127 e. The Labute approximate surface area is 115 Å². The zero-order valence-corrected chi connectivity index (χ0v) is 12.0. The molecule has 1 N–H and O–H groups in total. The quantitative estimate of drug-likeness (QED) is 0.882. The highest BCUT2D eigenvalue weighted by Gasteiger charge is 2.31. The van der Waals surface area contributed by atoms with Crippen molar-refractivity contribution >= 4 is 0 Å². The van der Waals surface area contributed by atoms with E-state index in [1.165, 1.54) is 11.1 Å². The Balaban J connectivity index is 2.07. The molecule has 0 saturated carbocycles. The fraction of sp³-hybridized carbons (Fsp3) is 0.562. The number of hydrogen-bond acceptors (Lipinski definition) is 3. The van der Waals surface area contributed by atoms with Gasteiger partial charge < -0.3 is 10.1 Å². The van der Waals surface area contributed by atoms with E-state index in [0.717, 1.165) is 25.1 Å². The molecule has 1 aliphatic rings. The standard InChI is InChI=1S/C16H22N2O/c1-4-14(8-9-17)18-11-13-7-5-6-12-10-16(2,3)19-15(12)13/h5-7,14,18H,4,8,10-11H2,1-3H3. The van der Waals surface area contributed by atoms with E-state index >= 15 is 0 Å². The zero-order valence-electron chi connectivity index (χ0n) is 12.0. The number of para-hydroxylation sites is 1. The lowest BCUT2D eigenvalue weighted by Gasteiger charge is -2.19. The largest absolute Gasteiger partial charge is 0.487 e. The number of benzene rings is 1. The van der Waals surface area contributed by atoms with Gasteiger partial charge in [0.1, 0.15) is 11.4 Å². The molecule has 1 unspecified atom stereocenters. The molecule has 1 aromatic rings. The summed E-state index contributed by atoms with van der Waals surface area (Å²) in [5, 5.41) is 12.2. The van der Waals surface area contributed by atoms with Gasteiger partial charge in [0.15, 0.2) is 0 Å². The van der Waals surface area contributed by atoms with E-state index in [4.69, 9.17) is 10.00 Å². The van der Waals surface area contributed by atoms with Crippen molar-refractivity contribution in [1.82, 2.24) is 5.32 Å². The van der Waals surface area contributed by atoms with Gasteiger partial charge in [0, 0.05) is 24.6 Å². The lowest BCUT2D eigenvalue weighted by atomic mass is 10.0. The highest BCUT2D eigenvalue weighted by molar-refractivity contribution is 5.45. The second-order valence-corrected chi connectivity index (χ2v) is 5.79. The summed E-state index contributed by atoms with van der Waals surface area (Å²) in [6.45, 7) is 7.10. The van der Waals surface area contributed by atoms with E-state index in [1.807, 2.05) is 0 Å². The molecule has 1 aromatic carbocycles. The third-order valence-electron chi connectivity index (χ3n) is 3.58. The zero-order chi connectivity index (χ0) is 13.9. The molecule has 19 heavy (non-hydrogen) atoms. The summed E-state index contributed by atoms with van der Waals surface area (Å²) in [7, 11) is 0. The van der Waals surface area contributed by atoms with Crippen LogP contribution in [0.4, 0.5) is 0 Å². The van der Waals surface area contributed by atoms with Crippen LogP contribution in [0.15, 0.2) is 18.2 Å². The van der Waals surface area contributed by atoms with E-state index in [-0.39, 0.29) is 11.6 Å². The number of hydrogen-bond donors (Lipinski definition) is 1. The molecule has 0 radical (unpaired) electrons. The predicted molar refractivity (Wildman–Crippen MR) is 76.0 cm³/mol. The van der Waals surface area contributed by atoms with Crippen LogP contribution in [-0.2, 0) is 13.0 Å². The summed E-state index contributed by atoms with van der Waals surface area (Å²) < 4.78 is 6.05. The second-order valence-electron chi connectivity index (χ2n) is 5.79. The van der Waals surface area contributed by atoms with Gasteiger partial charge in [-0.1, -0.05) is 25.1 Å². The van der Waals surface area contributed by atoms with Crippen molar-refractivity contribution in [3.63, 3.8) is 0 Å². The predicted octanol–water partition coefficient (Wildman–Crippen LogP) is 3.18. The summed E-state index contributed by atoms with van der Waals surface area (Å²) in [5.41, 5.74) is 2.38. The molecule has 1 atom stereocenters. The van der Waals surface area contributed by atoms with Gasteiger partial charge in [0.05, 0.1) is 12.5 Å². The molecule has 2 rings (SSSR count). The average Bonchev–Trinajstić information content (AvgIpc) is 2.68.